The fourth-order valence-corrected chi connectivity index (χ4v) is 2.58. The quantitative estimate of drug-likeness (QED) is 0.316. The van der Waals surface area contributed by atoms with Gasteiger partial charge in [0.05, 0.1) is 6.61 Å². The Bertz CT molecular complexity index is 464. The number of hydrogen-bond acceptors (Lipinski definition) is 5. The number of oxime groups is 1. The van der Waals surface area contributed by atoms with Gasteiger partial charge in [-0.15, -0.1) is 0 Å². The van der Waals surface area contributed by atoms with Gasteiger partial charge >= 0.3 is 0 Å². The Morgan fingerprint density at radius 3 is 3.11 bits per heavy atom. The van der Waals surface area contributed by atoms with Crippen LogP contribution in [0, 0.1) is 5.92 Å². The van der Waals surface area contributed by atoms with Gasteiger partial charge in [-0.2, -0.15) is 0 Å². The van der Waals surface area contributed by atoms with Crippen LogP contribution in [0.1, 0.15) is 24.6 Å². The summed E-state index contributed by atoms with van der Waals surface area (Å²) in [6.07, 6.45) is 2.75. The SMILES string of the molecule is CC1CCN(Cc2ccnc(/C(N)=N/O)c2)C1CO. The predicted molar refractivity (Wildman–Crippen MR) is 71.8 cm³/mol. The van der Waals surface area contributed by atoms with Crippen LogP contribution in [-0.2, 0) is 6.54 Å². The molecule has 1 aromatic heterocycles. The van der Waals surface area contributed by atoms with Crippen LogP contribution < -0.4 is 5.73 Å². The van der Waals surface area contributed by atoms with Crippen LogP contribution in [0.25, 0.3) is 0 Å². The van der Waals surface area contributed by atoms with Crippen molar-refractivity contribution < 1.29 is 10.3 Å². The Balaban J connectivity index is 2.11. The lowest BCUT2D eigenvalue weighted by Gasteiger charge is -2.25. The largest absolute Gasteiger partial charge is 0.409 e. The van der Waals surface area contributed by atoms with Gasteiger partial charge in [0.2, 0.25) is 0 Å². The summed E-state index contributed by atoms with van der Waals surface area (Å²) < 4.78 is 0. The molecule has 0 amide bonds. The van der Waals surface area contributed by atoms with Gasteiger partial charge in [0.1, 0.15) is 5.69 Å². The summed E-state index contributed by atoms with van der Waals surface area (Å²) in [6.45, 7) is 4.06. The van der Waals surface area contributed by atoms with Gasteiger partial charge in [-0.3, -0.25) is 9.88 Å². The van der Waals surface area contributed by atoms with Gasteiger partial charge in [-0.25, -0.2) is 0 Å². The second kappa shape index (κ2) is 5.99. The molecule has 1 aliphatic rings. The minimum Gasteiger partial charge on any atom is -0.409 e. The zero-order valence-corrected chi connectivity index (χ0v) is 11.0. The van der Waals surface area contributed by atoms with E-state index in [0.29, 0.717) is 11.6 Å². The number of hydrogen-bond donors (Lipinski definition) is 3. The molecular weight excluding hydrogens is 244 g/mol. The van der Waals surface area contributed by atoms with Crippen molar-refractivity contribution in [3.05, 3.63) is 29.6 Å². The lowest BCUT2D eigenvalue weighted by Crippen LogP contribution is -2.34. The van der Waals surface area contributed by atoms with Gasteiger partial charge in [0, 0.05) is 18.8 Å². The van der Waals surface area contributed by atoms with E-state index in [1.54, 1.807) is 6.20 Å². The van der Waals surface area contributed by atoms with Crippen LogP contribution in [0.15, 0.2) is 23.5 Å². The molecular formula is C13H20N4O2. The van der Waals surface area contributed by atoms with Gasteiger partial charge in [-0.05, 0) is 36.6 Å². The summed E-state index contributed by atoms with van der Waals surface area (Å²) in [5.74, 6) is 0.519. The topological polar surface area (TPSA) is 95.0 Å². The molecule has 6 nitrogen and oxygen atoms in total. The third-order valence-electron chi connectivity index (χ3n) is 3.76. The monoisotopic (exact) mass is 264 g/mol. The third-order valence-corrected chi connectivity index (χ3v) is 3.76. The number of rotatable bonds is 4. The summed E-state index contributed by atoms with van der Waals surface area (Å²) in [4.78, 5) is 6.32. The summed E-state index contributed by atoms with van der Waals surface area (Å²) in [6, 6.07) is 3.93. The number of pyridine rings is 1. The second-order valence-electron chi connectivity index (χ2n) is 5.02. The van der Waals surface area contributed by atoms with Crippen LogP contribution in [0.5, 0.6) is 0 Å². The van der Waals surface area contributed by atoms with Gasteiger partial charge in [0.25, 0.3) is 0 Å². The maximum atomic E-state index is 9.44. The first-order valence-electron chi connectivity index (χ1n) is 6.43. The molecule has 2 heterocycles. The normalized spacial score (nSPS) is 24.8. The van der Waals surface area contributed by atoms with E-state index in [2.05, 4.69) is 22.0 Å². The molecule has 1 saturated heterocycles. The van der Waals surface area contributed by atoms with Crippen molar-refractivity contribution in [2.45, 2.75) is 25.9 Å². The fraction of sp³-hybridized carbons (Fsp3) is 0.538. The lowest BCUT2D eigenvalue weighted by atomic mass is 10.0. The molecule has 6 heteroatoms. The molecule has 4 N–H and O–H groups in total. The van der Waals surface area contributed by atoms with E-state index in [0.717, 1.165) is 25.1 Å². The maximum absolute atomic E-state index is 9.44. The number of aliphatic hydroxyl groups excluding tert-OH is 1. The van der Waals surface area contributed by atoms with Crippen molar-refractivity contribution >= 4 is 5.84 Å². The summed E-state index contributed by atoms with van der Waals surface area (Å²) >= 11 is 0. The Hall–Kier alpha value is -1.66. The smallest absolute Gasteiger partial charge is 0.188 e. The van der Waals surface area contributed by atoms with Crippen molar-refractivity contribution in [2.75, 3.05) is 13.2 Å². The van der Waals surface area contributed by atoms with E-state index in [4.69, 9.17) is 10.9 Å². The van der Waals surface area contributed by atoms with Gasteiger partial charge in [-0.1, -0.05) is 12.1 Å². The molecule has 1 aromatic rings. The predicted octanol–water partition coefficient (Wildman–Crippen LogP) is 0.379. The highest BCUT2D eigenvalue weighted by molar-refractivity contribution is 5.95. The number of amidine groups is 1. The number of aromatic nitrogens is 1. The second-order valence-corrected chi connectivity index (χ2v) is 5.02. The first kappa shape index (κ1) is 13.8. The zero-order valence-electron chi connectivity index (χ0n) is 11.0. The van der Waals surface area contributed by atoms with Crippen LogP contribution in [-0.4, -0.2) is 45.2 Å². The van der Waals surface area contributed by atoms with Crippen molar-refractivity contribution in [3.8, 4) is 0 Å². The van der Waals surface area contributed by atoms with Crippen LogP contribution in [0.2, 0.25) is 0 Å². The van der Waals surface area contributed by atoms with E-state index in [1.807, 2.05) is 12.1 Å². The molecule has 2 unspecified atom stereocenters. The van der Waals surface area contributed by atoms with E-state index in [-0.39, 0.29) is 18.5 Å². The Morgan fingerprint density at radius 1 is 1.63 bits per heavy atom. The molecule has 2 rings (SSSR count). The van der Waals surface area contributed by atoms with Gasteiger partial charge < -0.3 is 16.0 Å². The molecule has 19 heavy (non-hydrogen) atoms. The first-order chi connectivity index (χ1) is 9.15. The van der Waals surface area contributed by atoms with E-state index < -0.39 is 0 Å². The highest BCUT2D eigenvalue weighted by Crippen LogP contribution is 2.25. The molecule has 104 valence electrons. The average Bonchev–Trinajstić information content (AvgIpc) is 2.78. The standard InChI is InChI=1S/C13H20N4O2/c1-9-3-5-17(12(9)8-18)7-10-2-4-15-11(6-10)13(14)16-19/h2,4,6,9,12,18-19H,3,5,7-8H2,1H3,(H2,14,16). The summed E-state index contributed by atoms with van der Waals surface area (Å²) in [5, 5.41) is 21.1. The van der Waals surface area contributed by atoms with Crippen molar-refractivity contribution in [2.24, 2.45) is 16.8 Å². The summed E-state index contributed by atoms with van der Waals surface area (Å²) in [7, 11) is 0. The number of nitrogens with zero attached hydrogens (tertiary/aromatic N) is 3. The minimum atomic E-state index is 0.00958. The highest BCUT2D eigenvalue weighted by atomic mass is 16.4. The van der Waals surface area contributed by atoms with Crippen molar-refractivity contribution in [3.63, 3.8) is 0 Å². The molecule has 2 atom stereocenters. The van der Waals surface area contributed by atoms with Gasteiger partial charge in [0.15, 0.2) is 5.84 Å². The number of aliphatic hydroxyl groups is 1. The van der Waals surface area contributed by atoms with Crippen molar-refractivity contribution in [1.82, 2.24) is 9.88 Å². The first-order valence-corrected chi connectivity index (χ1v) is 6.43. The number of likely N-dealkylation sites (tertiary alicyclic amines) is 1. The van der Waals surface area contributed by atoms with E-state index in [1.165, 1.54) is 0 Å². The number of nitrogens with two attached hydrogens (primary N) is 1. The van der Waals surface area contributed by atoms with Crippen LogP contribution in [0.4, 0.5) is 0 Å². The lowest BCUT2D eigenvalue weighted by molar-refractivity contribution is 0.134. The molecule has 0 aromatic carbocycles. The molecule has 1 fully saturated rings. The highest BCUT2D eigenvalue weighted by Gasteiger charge is 2.30. The average molecular weight is 264 g/mol. The molecule has 1 aliphatic heterocycles. The van der Waals surface area contributed by atoms with E-state index in [9.17, 15) is 5.11 Å². The summed E-state index contributed by atoms with van der Waals surface area (Å²) in [5.41, 5.74) is 7.04. The fourth-order valence-electron chi connectivity index (χ4n) is 2.58. The Labute approximate surface area is 112 Å². The van der Waals surface area contributed by atoms with E-state index >= 15 is 0 Å². The Kier molecular flexibility index (Phi) is 4.34. The minimum absolute atomic E-state index is 0.00958. The molecule has 0 bridgehead atoms. The molecule has 0 aliphatic carbocycles. The Morgan fingerprint density at radius 2 is 2.42 bits per heavy atom. The molecule has 0 saturated carbocycles. The van der Waals surface area contributed by atoms with Crippen LogP contribution in [0.3, 0.4) is 0 Å². The molecule has 0 spiro atoms. The maximum Gasteiger partial charge on any atom is 0.188 e. The van der Waals surface area contributed by atoms with Crippen molar-refractivity contribution in [1.29, 1.82) is 0 Å². The third kappa shape index (κ3) is 3.02. The van der Waals surface area contributed by atoms with Crippen LogP contribution >= 0.6 is 0 Å². The molecule has 0 radical (unpaired) electrons. The zero-order chi connectivity index (χ0) is 13.8.